The average molecular weight is 266 g/mol. The Bertz CT molecular complexity index is 272. The third kappa shape index (κ3) is 5.95. The topological polar surface area (TPSA) is 24.5 Å². The summed E-state index contributed by atoms with van der Waals surface area (Å²) in [6.45, 7) is 10.7. The lowest BCUT2D eigenvalue weighted by molar-refractivity contribution is -0.0566. The Morgan fingerprint density at radius 1 is 1.47 bits per heavy atom. The van der Waals surface area contributed by atoms with Crippen molar-refractivity contribution in [3.05, 3.63) is 0 Å². The standard InChI is InChI=1S/C16H30N2O/c1-5-7-8-9-15(17-10-6-2)16-13-18(14(3)4)11-12-19-16/h1,14-17H,6-13H2,2-4H3. The van der Waals surface area contributed by atoms with Crippen LogP contribution in [0.25, 0.3) is 0 Å². The third-order valence-corrected chi connectivity index (χ3v) is 3.80. The Morgan fingerprint density at radius 3 is 2.89 bits per heavy atom. The van der Waals surface area contributed by atoms with Crippen LogP contribution in [-0.2, 0) is 4.74 Å². The van der Waals surface area contributed by atoms with Crippen LogP contribution in [0.5, 0.6) is 0 Å². The van der Waals surface area contributed by atoms with E-state index < -0.39 is 0 Å². The van der Waals surface area contributed by atoms with Crippen LogP contribution >= 0.6 is 0 Å². The van der Waals surface area contributed by atoms with E-state index in [1.807, 2.05) is 0 Å². The van der Waals surface area contributed by atoms with Gasteiger partial charge < -0.3 is 10.1 Å². The van der Waals surface area contributed by atoms with Crippen molar-refractivity contribution in [1.82, 2.24) is 10.2 Å². The maximum atomic E-state index is 5.99. The molecule has 0 aliphatic carbocycles. The average Bonchev–Trinajstić information content (AvgIpc) is 2.43. The molecule has 1 heterocycles. The van der Waals surface area contributed by atoms with Crippen molar-refractivity contribution in [3.63, 3.8) is 0 Å². The zero-order chi connectivity index (χ0) is 14.1. The Hall–Kier alpha value is -0.560. The molecule has 1 saturated heterocycles. The van der Waals surface area contributed by atoms with E-state index in [2.05, 4.69) is 36.9 Å². The molecule has 0 aromatic carbocycles. The summed E-state index contributed by atoms with van der Waals surface area (Å²) in [6, 6.07) is 1.04. The first-order chi connectivity index (χ1) is 9.19. The molecule has 1 aliphatic rings. The van der Waals surface area contributed by atoms with Crippen molar-refractivity contribution in [2.45, 2.75) is 64.6 Å². The van der Waals surface area contributed by atoms with Crippen molar-refractivity contribution in [2.75, 3.05) is 26.2 Å². The summed E-state index contributed by atoms with van der Waals surface area (Å²) < 4.78 is 5.99. The quantitative estimate of drug-likeness (QED) is 0.539. The SMILES string of the molecule is C#CCCCC(NCCC)C1CN(C(C)C)CCO1. The zero-order valence-corrected chi connectivity index (χ0v) is 12.8. The first-order valence-corrected chi connectivity index (χ1v) is 7.71. The van der Waals surface area contributed by atoms with Crippen LogP contribution in [0.2, 0.25) is 0 Å². The Kier molecular flexibility index (Phi) is 8.13. The van der Waals surface area contributed by atoms with Gasteiger partial charge in [-0.3, -0.25) is 4.90 Å². The molecule has 19 heavy (non-hydrogen) atoms. The van der Waals surface area contributed by atoms with Crippen molar-refractivity contribution in [1.29, 1.82) is 0 Å². The fourth-order valence-electron chi connectivity index (χ4n) is 2.58. The fraction of sp³-hybridized carbons (Fsp3) is 0.875. The van der Waals surface area contributed by atoms with Gasteiger partial charge in [0, 0.05) is 31.6 Å². The molecule has 3 heteroatoms. The van der Waals surface area contributed by atoms with Crippen LogP contribution in [-0.4, -0.2) is 49.3 Å². The van der Waals surface area contributed by atoms with Gasteiger partial charge in [0.2, 0.25) is 0 Å². The number of terminal acetylenes is 1. The molecule has 2 unspecified atom stereocenters. The van der Waals surface area contributed by atoms with Gasteiger partial charge in [-0.05, 0) is 39.7 Å². The van der Waals surface area contributed by atoms with E-state index in [4.69, 9.17) is 11.2 Å². The summed E-state index contributed by atoms with van der Waals surface area (Å²) in [6.07, 6.45) is 9.87. The molecule has 1 rings (SSSR count). The number of nitrogens with zero attached hydrogens (tertiary/aromatic N) is 1. The number of morpholine rings is 1. The first kappa shape index (κ1) is 16.5. The molecule has 0 radical (unpaired) electrons. The minimum absolute atomic E-state index is 0.306. The molecule has 0 saturated carbocycles. The molecule has 1 N–H and O–H groups in total. The van der Waals surface area contributed by atoms with Gasteiger partial charge in [0.1, 0.15) is 0 Å². The van der Waals surface area contributed by atoms with Crippen molar-refractivity contribution < 1.29 is 4.74 Å². The molecule has 110 valence electrons. The molecule has 2 atom stereocenters. The second kappa shape index (κ2) is 9.36. The number of rotatable bonds is 8. The molecule has 0 bridgehead atoms. The maximum absolute atomic E-state index is 5.99. The summed E-state index contributed by atoms with van der Waals surface area (Å²) in [5, 5.41) is 3.64. The highest BCUT2D eigenvalue weighted by Gasteiger charge is 2.28. The molecule has 0 amide bonds. The normalized spacial score (nSPS) is 22.4. The molecule has 3 nitrogen and oxygen atoms in total. The summed E-state index contributed by atoms with van der Waals surface area (Å²) in [7, 11) is 0. The highest BCUT2D eigenvalue weighted by Crippen LogP contribution is 2.15. The first-order valence-electron chi connectivity index (χ1n) is 7.71. The van der Waals surface area contributed by atoms with E-state index in [0.717, 1.165) is 51.9 Å². The number of nitrogens with one attached hydrogen (secondary N) is 1. The van der Waals surface area contributed by atoms with Gasteiger partial charge in [-0.1, -0.05) is 6.92 Å². The molecular weight excluding hydrogens is 236 g/mol. The minimum Gasteiger partial charge on any atom is -0.374 e. The molecular formula is C16H30N2O. The van der Waals surface area contributed by atoms with Crippen molar-refractivity contribution >= 4 is 0 Å². The maximum Gasteiger partial charge on any atom is 0.0855 e. The Labute approximate surface area is 119 Å². The minimum atomic E-state index is 0.306. The molecule has 1 aliphatic heterocycles. The van der Waals surface area contributed by atoms with E-state index in [0.29, 0.717) is 18.2 Å². The van der Waals surface area contributed by atoms with E-state index in [-0.39, 0.29) is 0 Å². The molecule has 0 aromatic heterocycles. The summed E-state index contributed by atoms with van der Waals surface area (Å²) in [5.74, 6) is 2.73. The highest BCUT2D eigenvalue weighted by atomic mass is 16.5. The second-order valence-electron chi connectivity index (χ2n) is 5.65. The summed E-state index contributed by atoms with van der Waals surface area (Å²) in [5.41, 5.74) is 0. The fourth-order valence-corrected chi connectivity index (χ4v) is 2.58. The molecule has 0 spiro atoms. The Morgan fingerprint density at radius 2 is 2.26 bits per heavy atom. The third-order valence-electron chi connectivity index (χ3n) is 3.80. The van der Waals surface area contributed by atoms with Gasteiger partial charge in [-0.25, -0.2) is 0 Å². The van der Waals surface area contributed by atoms with Crippen LogP contribution in [0.4, 0.5) is 0 Å². The van der Waals surface area contributed by atoms with Gasteiger partial charge in [-0.2, -0.15) is 0 Å². The lowest BCUT2D eigenvalue weighted by Crippen LogP contribution is -2.53. The largest absolute Gasteiger partial charge is 0.374 e. The highest BCUT2D eigenvalue weighted by molar-refractivity contribution is 4.87. The van der Waals surface area contributed by atoms with Gasteiger partial charge in [-0.15, -0.1) is 12.3 Å². The number of hydrogen-bond donors (Lipinski definition) is 1. The predicted octanol–water partition coefficient (Wildman–Crippen LogP) is 2.27. The number of ether oxygens (including phenoxy) is 1. The Balaban J connectivity index is 2.49. The zero-order valence-electron chi connectivity index (χ0n) is 12.8. The monoisotopic (exact) mass is 266 g/mol. The van der Waals surface area contributed by atoms with Crippen molar-refractivity contribution in [2.24, 2.45) is 0 Å². The van der Waals surface area contributed by atoms with E-state index in [1.165, 1.54) is 0 Å². The lowest BCUT2D eigenvalue weighted by atomic mass is 10.0. The van der Waals surface area contributed by atoms with Crippen LogP contribution in [0, 0.1) is 12.3 Å². The van der Waals surface area contributed by atoms with Crippen molar-refractivity contribution in [3.8, 4) is 12.3 Å². The summed E-state index contributed by atoms with van der Waals surface area (Å²) >= 11 is 0. The lowest BCUT2D eigenvalue weighted by Gasteiger charge is -2.39. The van der Waals surface area contributed by atoms with E-state index in [9.17, 15) is 0 Å². The van der Waals surface area contributed by atoms with Crippen LogP contribution < -0.4 is 5.32 Å². The summed E-state index contributed by atoms with van der Waals surface area (Å²) in [4.78, 5) is 2.51. The smallest absolute Gasteiger partial charge is 0.0855 e. The van der Waals surface area contributed by atoms with E-state index in [1.54, 1.807) is 0 Å². The predicted molar refractivity (Wildman–Crippen MR) is 81.2 cm³/mol. The second-order valence-corrected chi connectivity index (χ2v) is 5.65. The van der Waals surface area contributed by atoms with Gasteiger partial charge in [0.05, 0.1) is 12.7 Å². The molecule has 1 fully saturated rings. The van der Waals surface area contributed by atoms with Gasteiger partial charge >= 0.3 is 0 Å². The van der Waals surface area contributed by atoms with E-state index >= 15 is 0 Å². The number of unbranched alkanes of at least 4 members (excludes halogenated alkanes) is 1. The number of hydrogen-bond acceptors (Lipinski definition) is 3. The molecule has 0 aromatic rings. The van der Waals surface area contributed by atoms with Gasteiger partial charge in [0.15, 0.2) is 0 Å². The van der Waals surface area contributed by atoms with Gasteiger partial charge in [0.25, 0.3) is 0 Å². The van der Waals surface area contributed by atoms with Crippen LogP contribution in [0.15, 0.2) is 0 Å². The van der Waals surface area contributed by atoms with Crippen LogP contribution in [0.3, 0.4) is 0 Å². The van der Waals surface area contributed by atoms with Crippen LogP contribution in [0.1, 0.15) is 46.5 Å².